The summed E-state index contributed by atoms with van der Waals surface area (Å²) in [7, 11) is 1.95. The Morgan fingerprint density at radius 1 is 1.23 bits per heavy atom. The normalized spacial score (nSPS) is 11.6. The van der Waals surface area contributed by atoms with Crippen LogP contribution < -0.4 is 5.32 Å². The Bertz CT molecular complexity index is 499. The average Bonchev–Trinajstić information content (AvgIpc) is 2.53. The van der Waals surface area contributed by atoms with Crippen molar-refractivity contribution in [3.63, 3.8) is 0 Å². The van der Waals surface area contributed by atoms with Crippen molar-refractivity contribution in [1.29, 1.82) is 0 Å². The first-order valence-corrected chi connectivity index (χ1v) is 7.54. The van der Waals surface area contributed by atoms with Crippen LogP contribution in [0.15, 0.2) is 24.3 Å². The molecule has 0 aliphatic heterocycles. The molecule has 0 aliphatic carbocycles. The van der Waals surface area contributed by atoms with Gasteiger partial charge in [0.05, 0.1) is 6.61 Å². The number of benzene rings is 1. The summed E-state index contributed by atoms with van der Waals surface area (Å²) in [6.07, 6.45) is 0.769. The van der Waals surface area contributed by atoms with Crippen LogP contribution in [0.3, 0.4) is 0 Å². The van der Waals surface area contributed by atoms with Gasteiger partial charge in [-0.2, -0.15) is 0 Å². The molecule has 120 valence electrons. The number of carbonyl (C=O) groups excluding carboxylic acids is 1. The summed E-state index contributed by atoms with van der Waals surface area (Å²) in [5.74, 6) is 6.11. The van der Waals surface area contributed by atoms with E-state index in [-0.39, 0.29) is 12.4 Å². The molecule has 0 saturated carbocycles. The van der Waals surface area contributed by atoms with E-state index in [9.17, 15) is 4.79 Å². The fourth-order valence-electron chi connectivity index (χ4n) is 1.76. The van der Waals surface area contributed by atoms with Gasteiger partial charge in [-0.1, -0.05) is 24.0 Å². The van der Waals surface area contributed by atoms with Crippen LogP contribution in [0.1, 0.15) is 37.4 Å². The molecule has 0 radical (unpaired) electrons. The molecule has 0 bridgehead atoms. The van der Waals surface area contributed by atoms with Crippen LogP contribution in [0.25, 0.3) is 0 Å². The topological polar surface area (TPSA) is 47.6 Å². The predicted molar refractivity (Wildman–Crippen MR) is 87.7 cm³/mol. The summed E-state index contributed by atoms with van der Waals surface area (Å²) in [5, 5.41) is 3.20. The molecule has 1 aromatic carbocycles. The molecular formula is C18H25NO3. The van der Waals surface area contributed by atoms with Crippen molar-refractivity contribution in [3.05, 3.63) is 35.4 Å². The third kappa shape index (κ3) is 7.94. The smallest absolute Gasteiger partial charge is 0.155 e. The molecule has 22 heavy (non-hydrogen) atoms. The van der Waals surface area contributed by atoms with Gasteiger partial charge in [0.15, 0.2) is 5.78 Å². The first-order chi connectivity index (χ1) is 10.6. The molecule has 1 aromatic rings. The van der Waals surface area contributed by atoms with Crippen LogP contribution in [0.5, 0.6) is 0 Å². The molecule has 0 aliphatic rings. The number of ketones is 1. The summed E-state index contributed by atoms with van der Waals surface area (Å²) in [6, 6.07) is 8.55. The quantitative estimate of drug-likeness (QED) is 0.562. The number of carbonyl (C=O) groups is 1. The molecule has 0 aromatic heterocycles. The highest BCUT2D eigenvalue weighted by molar-refractivity contribution is 5.76. The van der Waals surface area contributed by atoms with E-state index in [4.69, 9.17) is 9.47 Å². The van der Waals surface area contributed by atoms with E-state index in [1.165, 1.54) is 12.5 Å². The van der Waals surface area contributed by atoms with E-state index in [2.05, 4.69) is 36.2 Å². The number of hydrogen-bond donors (Lipinski definition) is 1. The van der Waals surface area contributed by atoms with Crippen molar-refractivity contribution in [2.45, 2.75) is 26.3 Å². The number of ether oxygens (including phenoxy) is 2. The average molecular weight is 303 g/mol. The van der Waals surface area contributed by atoms with Gasteiger partial charge in [0.2, 0.25) is 0 Å². The van der Waals surface area contributed by atoms with Gasteiger partial charge in [-0.05, 0) is 45.0 Å². The van der Waals surface area contributed by atoms with Crippen molar-refractivity contribution in [2.24, 2.45) is 0 Å². The predicted octanol–water partition coefficient (Wildman–Crippen LogP) is 2.33. The van der Waals surface area contributed by atoms with Crippen LogP contribution in [0.4, 0.5) is 0 Å². The molecule has 0 spiro atoms. The van der Waals surface area contributed by atoms with E-state index in [0.717, 1.165) is 12.0 Å². The van der Waals surface area contributed by atoms with E-state index in [1.807, 2.05) is 19.2 Å². The van der Waals surface area contributed by atoms with E-state index < -0.39 is 0 Å². The minimum absolute atomic E-state index is 0.0434. The molecule has 0 fully saturated rings. The Morgan fingerprint density at radius 3 is 2.55 bits per heavy atom. The van der Waals surface area contributed by atoms with Crippen molar-refractivity contribution in [3.8, 4) is 11.8 Å². The number of nitrogens with one attached hydrogen (secondary N) is 1. The van der Waals surface area contributed by atoms with Gasteiger partial charge >= 0.3 is 0 Å². The van der Waals surface area contributed by atoms with Crippen molar-refractivity contribution in [1.82, 2.24) is 5.32 Å². The zero-order valence-electron chi connectivity index (χ0n) is 13.6. The van der Waals surface area contributed by atoms with Crippen molar-refractivity contribution >= 4 is 5.78 Å². The van der Waals surface area contributed by atoms with Crippen LogP contribution in [-0.2, 0) is 14.3 Å². The lowest BCUT2D eigenvalue weighted by Crippen LogP contribution is -2.11. The van der Waals surface area contributed by atoms with Gasteiger partial charge in [0.1, 0.15) is 13.2 Å². The third-order valence-electron chi connectivity index (χ3n) is 3.13. The summed E-state index contributed by atoms with van der Waals surface area (Å²) in [4.78, 5) is 10.6. The molecule has 0 unspecified atom stereocenters. The minimum Gasteiger partial charge on any atom is -0.374 e. The molecule has 4 nitrogen and oxygen atoms in total. The second-order valence-electron chi connectivity index (χ2n) is 5.09. The summed E-state index contributed by atoms with van der Waals surface area (Å²) >= 11 is 0. The van der Waals surface area contributed by atoms with Crippen LogP contribution >= 0.6 is 0 Å². The third-order valence-corrected chi connectivity index (χ3v) is 3.13. The Kier molecular flexibility index (Phi) is 9.17. The molecule has 0 heterocycles. The van der Waals surface area contributed by atoms with Gasteiger partial charge < -0.3 is 14.8 Å². The van der Waals surface area contributed by atoms with Crippen LogP contribution in [0, 0.1) is 11.8 Å². The monoisotopic (exact) mass is 303 g/mol. The highest BCUT2D eigenvalue weighted by Crippen LogP contribution is 2.11. The molecule has 1 atom stereocenters. The van der Waals surface area contributed by atoms with E-state index in [0.29, 0.717) is 25.9 Å². The van der Waals surface area contributed by atoms with Gasteiger partial charge in [-0.3, -0.25) is 4.79 Å². The molecule has 0 amide bonds. The highest BCUT2D eigenvalue weighted by Gasteiger charge is 2.00. The van der Waals surface area contributed by atoms with Crippen molar-refractivity contribution < 1.29 is 14.3 Å². The zero-order chi connectivity index (χ0) is 16.2. The maximum Gasteiger partial charge on any atom is 0.155 e. The Balaban J connectivity index is 2.18. The lowest BCUT2D eigenvalue weighted by Gasteiger charge is -2.09. The van der Waals surface area contributed by atoms with Gasteiger partial charge in [0, 0.05) is 18.2 Å². The summed E-state index contributed by atoms with van der Waals surface area (Å²) < 4.78 is 10.5. The van der Waals surface area contributed by atoms with Gasteiger partial charge in [-0.15, -0.1) is 0 Å². The zero-order valence-corrected chi connectivity index (χ0v) is 13.6. The maximum atomic E-state index is 10.6. The Morgan fingerprint density at radius 2 is 1.91 bits per heavy atom. The standard InChI is InChI=1S/C18H25NO3/c1-15(20)14-22-13-5-12-21-11-4-6-17-7-9-18(10-8-17)16(2)19-3/h7-10,16,19H,5,11-14H2,1-3H3/t16-/m0/s1. The van der Waals surface area contributed by atoms with Crippen molar-refractivity contribution in [2.75, 3.05) is 33.5 Å². The summed E-state index contributed by atoms with van der Waals surface area (Å²) in [5.41, 5.74) is 2.23. The SMILES string of the molecule is CN[C@@H](C)c1ccc(C#CCOCCCOCC(C)=O)cc1. The molecular weight excluding hydrogens is 278 g/mol. The Hall–Kier alpha value is -1.67. The molecule has 0 saturated heterocycles. The van der Waals surface area contributed by atoms with Gasteiger partial charge in [-0.25, -0.2) is 0 Å². The number of Topliss-reactive ketones (excluding diaryl/α,β-unsaturated/α-hetero) is 1. The Labute approximate surface area is 133 Å². The van der Waals surface area contributed by atoms with Crippen LogP contribution in [-0.4, -0.2) is 39.3 Å². The second-order valence-corrected chi connectivity index (χ2v) is 5.09. The second kappa shape index (κ2) is 11.0. The molecule has 4 heteroatoms. The minimum atomic E-state index is 0.0434. The largest absolute Gasteiger partial charge is 0.374 e. The first kappa shape index (κ1) is 18.4. The lowest BCUT2D eigenvalue weighted by atomic mass is 10.1. The first-order valence-electron chi connectivity index (χ1n) is 7.54. The maximum absolute atomic E-state index is 10.6. The lowest BCUT2D eigenvalue weighted by molar-refractivity contribution is -0.121. The fourth-order valence-corrected chi connectivity index (χ4v) is 1.76. The number of hydrogen-bond acceptors (Lipinski definition) is 4. The summed E-state index contributed by atoms with van der Waals surface area (Å²) in [6.45, 7) is 5.35. The van der Waals surface area contributed by atoms with E-state index in [1.54, 1.807) is 0 Å². The van der Waals surface area contributed by atoms with Crippen LogP contribution in [0.2, 0.25) is 0 Å². The van der Waals surface area contributed by atoms with E-state index >= 15 is 0 Å². The molecule has 1 N–H and O–H groups in total. The molecule has 1 rings (SSSR count). The highest BCUT2D eigenvalue weighted by atomic mass is 16.5. The van der Waals surface area contributed by atoms with Gasteiger partial charge in [0.25, 0.3) is 0 Å². The number of rotatable bonds is 9. The fraction of sp³-hybridized carbons (Fsp3) is 0.500.